The summed E-state index contributed by atoms with van der Waals surface area (Å²) in [4.78, 5) is 48.4. The molecule has 13 heteroatoms. The van der Waals surface area contributed by atoms with Crippen LogP contribution in [0.3, 0.4) is 0 Å². The SMILES string of the molecule is Cc1cc(-c2ccc3c(n2)=N[C@H]2CC[N+]=3C2)ccn1.Cc1cc(N)ccn1.Cc1cc(NC(=O)N2c3nc(-c4ccnc(C)c4)ccc3N3CC[C@H]2C3)ccn1. The van der Waals surface area contributed by atoms with Crippen LogP contribution in [0.25, 0.3) is 22.5 Å². The quantitative estimate of drug-likeness (QED) is 0.236. The van der Waals surface area contributed by atoms with Crippen molar-refractivity contribution in [1.82, 2.24) is 34.5 Å². The number of fused-ring (bicyclic) bond motifs is 7. The van der Waals surface area contributed by atoms with Gasteiger partial charge in [0.1, 0.15) is 12.6 Å². The zero-order valence-corrected chi connectivity index (χ0v) is 32.1. The Morgan fingerprint density at radius 3 is 2.05 bits per heavy atom. The van der Waals surface area contributed by atoms with Gasteiger partial charge < -0.3 is 16.0 Å². The summed E-state index contributed by atoms with van der Waals surface area (Å²) in [5.74, 6) is 0.717. The lowest BCUT2D eigenvalue weighted by Gasteiger charge is -2.36. The molecule has 0 saturated carbocycles. The molecule has 4 aliphatic heterocycles. The number of urea groups is 1. The normalized spacial score (nSPS) is 17.0. The summed E-state index contributed by atoms with van der Waals surface area (Å²) < 4.78 is 2.39. The molecule has 3 N–H and O–H groups in total. The van der Waals surface area contributed by atoms with E-state index in [2.05, 4.69) is 59.0 Å². The fourth-order valence-corrected chi connectivity index (χ4v) is 7.60. The van der Waals surface area contributed by atoms with Gasteiger partial charge in [-0.3, -0.25) is 29.8 Å². The predicted molar refractivity (Wildman–Crippen MR) is 219 cm³/mol. The summed E-state index contributed by atoms with van der Waals surface area (Å²) in [5, 5.41) is 4.21. The molecule has 2 amide bonds. The van der Waals surface area contributed by atoms with Crippen LogP contribution in [-0.2, 0) is 0 Å². The Morgan fingerprint density at radius 2 is 1.39 bits per heavy atom. The van der Waals surface area contributed by atoms with Crippen LogP contribution in [0.15, 0.2) is 103 Å². The van der Waals surface area contributed by atoms with Gasteiger partial charge in [-0.1, -0.05) is 0 Å². The molecule has 6 aromatic rings. The number of nitrogens with zero attached hydrogens (tertiary/aromatic N) is 10. The molecule has 13 nitrogen and oxygen atoms in total. The Kier molecular flexibility index (Phi) is 10.1. The number of anilines is 4. The highest BCUT2D eigenvalue weighted by atomic mass is 16.2. The number of carbonyl (C=O) groups is 1. The lowest BCUT2D eigenvalue weighted by Crippen LogP contribution is -2.48. The van der Waals surface area contributed by atoms with Crippen LogP contribution in [-0.4, -0.2) is 74.2 Å². The van der Waals surface area contributed by atoms with Gasteiger partial charge in [0.05, 0.1) is 23.1 Å². The Balaban J connectivity index is 0.000000139. The van der Waals surface area contributed by atoms with Gasteiger partial charge in [0.2, 0.25) is 10.8 Å². The summed E-state index contributed by atoms with van der Waals surface area (Å²) in [6.45, 7) is 11.7. The zero-order valence-electron chi connectivity index (χ0n) is 32.1. The molecule has 282 valence electrons. The largest absolute Gasteiger partial charge is 0.399 e. The Bertz CT molecular complexity index is 2540. The number of nitrogen functional groups attached to an aromatic ring is 1. The van der Waals surface area contributed by atoms with E-state index in [1.54, 1.807) is 30.7 Å². The van der Waals surface area contributed by atoms with Crippen LogP contribution in [0, 0.1) is 27.7 Å². The van der Waals surface area contributed by atoms with Gasteiger partial charge in [0.25, 0.3) is 0 Å². The summed E-state index contributed by atoms with van der Waals surface area (Å²) in [6.07, 6.45) is 9.10. The predicted octanol–water partition coefficient (Wildman–Crippen LogP) is 5.11. The van der Waals surface area contributed by atoms with Crippen LogP contribution >= 0.6 is 0 Å². The average Bonchev–Trinajstić information content (AvgIpc) is 3.79. The average molecular weight is 746 g/mol. The van der Waals surface area contributed by atoms with Crippen molar-refractivity contribution in [1.29, 1.82) is 0 Å². The molecule has 10 heterocycles. The number of hydrogen-bond donors (Lipinski definition) is 2. The van der Waals surface area contributed by atoms with E-state index in [1.165, 1.54) is 5.36 Å². The van der Waals surface area contributed by atoms with Crippen molar-refractivity contribution >= 4 is 28.9 Å². The number of carbonyl (C=O) groups excluding carboxylic acids is 1. The number of aryl methyl sites for hydroxylation is 4. The molecule has 0 aromatic carbocycles. The second-order valence-corrected chi connectivity index (χ2v) is 14.6. The summed E-state index contributed by atoms with van der Waals surface area (Å²) in [5.41, 5.74) is 16.6. The van der Waals surface area contributed by atoms with Crippen molar-refractivity contribution in [2.45, 2.75) is 52.6 Å². The van der Waals surface area contributed by atoms with E-state index >= 15 is 0 Å². The third kappa shape index (κ3) is 7.92. The standard InChI is InChI=1S/C22H22N6O.C15H15N4.C6H8N2/c1-14-11-16(5-8-23-14)19-3-4-20-21(26-19)28(18-7-10-27(20)13-18)22(29)25-17-6-9-24-15(2)12-17;1-10-8-11(4-6-16-10)13-2-3-14-15(18-13)17-12-5-7-19(14)9-12;1-5-4-6(7)2-3-8-5/h3-6,8-9,11-12,18H,7,10,13H2,1-2H3,(H,24,25,29);2-4,6,8,12H,5,7,9H2,1H3;2-4H,1H3,(H2,7,8)/q;+1;/t18-;12-;/m00./s1. The first-order valence-electron chi connectivity index (χ1n) is 19.0. The van der Waals surface area contributed by atoms with Crippen molar-refractivity contribution in [3.05, 3.63) is 131 Å². The highest BCUT2D eigenvalue weighted by Gasteiger charge is 2.40. The van der Waals surface area contributed by atoms with Gasteiger partial charge in [-0.2, -0.15) is 0 Å². The maximum Gasteiger partial charge on any atom is 0.327 e. The number of amides is 2. The molecule has 0 spiro atoms. The van der Waals surface area contributed by atoms with E-state index in [4.69, 9.17) is 20.7 Å². The van der Waals surface area contributed by atoms with Gasteiger partial charge in [-0.25, -0.2) is 19.3 Å². The molecule has 4 aliphatic rings. The van der Waals surface area contributed by atoms with E-state index in [0.29, 0.717) is 11.9 Å². The summed E-state index contributed by atoms with van der Waals surface area (Å²) in [7, 11) is 0. The van der Waals surface area contributed by atoms with Crippen LogP contribution < -0.4 is 36.3 Å². The van der Waals surface area contributed by atoms with E-state index < -0.39 is 0 Å². The van der Waals surface area contributed by atoms with Crippen molar-refractivity contribution in [2.75, 3.05) is 47.0 Å². The highest BCUT2D eigenvalue weighted by Crippen LogP contribution is 2.40. The van der Waals surface area contributed by atoms with E-state index in [0.717, 1.165) is 107 Å². The molecule has 2 fully saturated rings. The summed E-state index contributed by atoms with van der Waals surface area (Å²) in [6, 6.07) is 24.0. The number of nitrogens with one attached hydrogen (secondary N) is 1. The monoisotopic (exact) mass is 745 g/mol. The van der Waals surface area contributed by atoms with Crippen molar-refractivity contribution < 1.29 is 4.79 Å². The molecular formula is C43H45N12O+. The zero-order chi connectivity index (χ0) is 38.8. The lowest BCUT2D eigenvalue weighted by molar-refractivity contribution is 0.255. The molecule has 2 saturated heterocycles. The Labute approximate surface area is 325 Å². The van der Waals surface area contributed by atoms with E-state index in [1.807, 2.05) is 75.2 Å². The first-order valence-corrected chi connectivity index (χ1v) is 19.0. The number of hydrogen-bond acceptors (Lipinski definition) is 10. The van der Waals surface area contributed by atoms with Crippen LogP contribution in [0.1, 0.15) is 35.6 Å². The molecule has 0 radical (unpaired) electrons. The number of nitrogens with two attached hydrogens (primary N) is 1. The minimum absolute atomic E-state index is 0.118. The molecule has 56 heavy (non-hydrogen) atoms. The maximum absolute atomic E-state index is 13.3. The van der Waals surface area contributed by atoms with E-state index in [9.17, 15) is 4.79 Å². The molecule has 2 atom stereocenters. The van der Waals surface area contributed by atoms with Crippen molar-refractivity contribution in [2.24, 2.45) is 4.99 Å². The molecule has 10 rings (SSSR count). The minimum Gasteiger partial charge on any atom is -0.399 e. The van der Waals surface area contributed by atoms with Gasteiger partial charge in [-0.05, 0) is 101 Å². The second-order valence-electron chi connectivity index (χ2n) is 14.6. The van der Waals surface area contributed by atoms with Gasteiger partial charge in [0, 0.05) is 95.6 Å². The lowest BCUT2D eigenvalue weighted by atomic mass is 10.1. The first kappa shape index (κ1) is 36.4. The Morgan fingerprint density at radius 1 is 0.750 bits per heavy atom. The maximum atomic E-state index is 13.3. The van der Waals surface area contributed by atoms with Crippen LogP contribution in [0.2, 0.25) is 0 Å². The number of aromatic nitrogens is 6. The van der Waals surface area contributed by atoms with Gasteiger partial charge >= 0.3 is 6.03 Å². The molecular weight excluding hydrogens is 701 g/mol. The van der Waals surface area contributed by atoms with Crippen LogP contribution in [0.4, 0.5) is 27.7 Å². The summed E-state index contributed by atoms with van der Waals surface area (Å²) >= 11 is 0. The van der Waals surface area contributed by atoms with Gasteiger partial charge in [0.15, 0.2) is 12.4 Å². The number of pyridine rings is 6. The third-order valence-electron chi connectivity index (χ3n) is 10.3. The fourth-order valence-electron chi connectivity index (χ4n) is 7.60. The third-order valence-corrected chi connectivity index (χ3v) is 10.3. The topological polar surface area (TPSA) is 154 Å². The molecule has 4 bridgehead atoms. The van der Waals surface area contributed by atoms with Crippen LogP contribution in [0.5, 0.6) is 0 Å². The van der Waals surface area contributed by atoms with Crippen molar-refractivity contribution in [3.63, 3.8) is 0 Å². The molecule has 0 aliphatic carbocycles. The smallest absolute Gasteiger partial charge is 0.327 e. The number of rotatable bonds is 3. The second kappa shape index (κ2) is 15.6. The minimum atomic E-state index is -0.154. The fraction of sp³-hybridized carbons (Fsp3) is 0.279. The van der Waals surface area contributed by atoms with E-state index in [-0.39, 0.29) is 12.1 Å². The Hall–Kier alpha value is -6.63. The molecule has 0 unspecified atom stereocenters. The van der Waals surface area contributed by atoms with Gasteiger partial charge in [-0.15, -0.1) is 0 Å². The first-order chi connectivity index (χ1) is 27.2. The molecule has 6 aromatic heterocycles. The highest BCUT2D eigenvalue weighted by molar-refractivity contribution is 6.04. The van der Waals surface area contributed by atoms with Crippen molar-refractivity contribution in [3.8, 4) is 22.5 Å².